The predicted molar refractivity (Wildman–Crippen MR) is 37.2 cm³/mol. The molecule has 3 atom stereocenters. The summed E-state index contributed by atoms with van der Waals surface area (Å²) in [5, 5.41) is 0. The standard InChI is InChI=1S/C7H12N2O/c1-4(10)7-6-2-5(6)3-8-9-7/h5-9H,2-3H2,1H3/t5?,6-,7+/m0/s1. The Hall–Kier alpha value is -0.410. The van der Waals surface area contributed by atoms with Gasteiger partial charge in [0.05, 0.1) is 6.04 Å². The third-order valence-corrected chi connectivity index (χ3v) is 2.47. The SMILES string of the molecule is CC(=O)[C@H]1NNCC2C[C@@H]21. The highest BCUT2D eigenvalue weighted by Crippen LogP contribution is 2.42. The minimum absolute atomic E-state index is 0.0961. The van der Waals surface area contributed by atoms with Crippen LogP contribution in [0, 0.1) is 11.8 Å². The van der Waals surface area contributed by atoms with Crippen molar-refractivity contribution < 1.29 is 4.79 Å². The van der Waals surface area contributed by atoms with Crippen LogP contribution < -0.4 is 10.9 Å². The molecule has 0 aromatic carbocycles. The van der Waals surface area contributed by atoms with Gasteiger partial charge < -0.3 is 0 Å². The van der Waals surface area contributed by atoms with E-state index in [2.05, 4.69) is 10.9 Å². The number of nitrogens with one attached hydrogen (secondary N) is 2. The first-order chi connectivity index (χ1) is 4.79. The molecule has 0 spiro atoms. The second kappa shape index (κ2) is 2.04. The molecule has 2 N–H and O–H groups in total. The highest BCUT2D eigenvalue weighted by Gasteiger charge is 2.47. The molecular weight excluding hydrogens is 128 g/mol. The highest BCUT2D eigenvalue weighted by molar-refractivity contribution is 5.82. The summed E-state index contributed by atoms with van der Waals surface area (Å²) in [5.41, 5.74) is 6.05. The van der Waals surface area contributed by atoms with Crippen LogP contribution in [0.3, 0.4) is 0 Å². The van der Waals surface area contributed by atoms with Crippen molar-refractivity contribution in [2.24, 2.45) is 11.8 Å². The van der Waals surface area contributed by atoms with E-state index in [1.807, 2.05) is 0 Å². The lowest BCUT2D eigenvalue weighted by Gasteiger charge is -2.21. The molecule has 10 heavy (non-hydrogen) atoms. The van der Waals surface area contributed by atoms with Gasteiger partial charge in [-0.2, -0.15) is 0 Å². The molecule has 0 bridgehead atoms. The average Bonchev–Trinajstić information content (AvgIpc) is 2.63. The molecule has 1 aliphatic carbocycles. The number of carbonyl (C=O) groups excluding carboxylic acids is 1. The minimum atomic E-state index is 0.0961. The van der Waals surface area contributed by atoms with Gasteiger partial charge in [0.1, 0.15) is 5.78 Å². The van der Waals surface area contributed by atoms with Gasteiger partial charge in [0.15, 0.2) is 0 Å². The van der Waals surface area contributed by atoms with E-state index in [9.17, 15) is 4.79 Å². The molecule has 1 heterocycles. The molecule has 56 valence electrons. The Morgan fingerprint density at radius 2 is 2.40 bits per heavy atom. The van der Waals surface area contributed by atoms with Crippen LogP contribution >= 0.6 is 0 Å². The number of hydrogen-bond donors (Lipinski definition) is 2. The van der Waals surface area contributed by atoms with Crippen LogP contribution in [0.15, 0.2) is 0 Å². The van der Waals surface area contributed by atoms with E-state index in [1.165, 1.54) is 6.42 Å². The fraction of sp³-hybridized carbons (Fsp3) is 0.857. The van der Waals surface area contributed by atoms with Gasteiger partial charge in [-0.05, 0) is 25.2 Å². The third-order valence-electron chi connectivity index (χ3n) is 2.47. The quantitative estimate of drug-likeness (QED) is 0.525. The van der Waals surface area contributed by atoms with E-state index in [1.54, 1.807) is 6.92 Å². The number of hydrogen-bond acceptors (Lipinski definition) is 3. The molecule has 3 nitrogen and oxygen atoms in total. The van der Waals surface area contributed by atoms with Gasteiger partial charge in [-0.15, -0.1) is 0 Å². The van der Waals surface area contributed by atoms with Crippen LogP contribution in [-0.2, 0) is 4.79 Å². The maximum atomic E-state index is 10.9. The van der Waals surface area contributed by atoms with Crippen molar-refractivity contribution >= 4 is 5.78 Å². The zero-order valence-electron chi connectivity index (χ0n) is 6.05. The van der Waals surface area contributed by atoms with Crippen molar-refractivity contribution in [1.82, 2.24) is 10.9 Å². The predicted octanol–water partition coefficient (Wildman–Crippen LogP) is -0.312. The molecule has 3 heteroatoms. The molecule has 1 saturated carbocycles. The van der Waals surface area contributed by atoms with E-state index in [0.717, 1.165) is 12.5 Å². The van der Waals surface area contributed by atoms with Crippen molar-refractivity contribution in [3.63, 3.8) is 0 Å². The summed E-state index contributed by atoms with van der Waals surface area (Å²) in [6.07, 6.45) is 1.23. The summed E-state index contributed by atoms with van der Waals surface area (Å²) in [7, 11) is 0. The molecular formula is C7H12N2O. The van der Waals surface area contributed by atoms with Crippen molar-refractivity contribution in [1.29, 1.82) is 0 Å². The zero-order valence-corrected chi connectivity index (χ0v) is 6.05. The Kier molecular flexibility index (Phi) is 1.28. The van der Waals surface area contributed by atoms with Gasteiger partial charge in [0.2, 0.25) is 0 Å². The molecule has 2 aliphatic rings. The summed E-state index contributed by atoms with van der Waals surface area (Å²) in [4.78, 5) is 10.9. The minimum Gasteiger partial charge on any atom is -0.298 e. The van der Waals surface area contributed by atoms with E-state index in [-0.39, 0.29) is 11.8 Å². The number of ketones is 1. The molecule has 2 rings (SSSR count). The Morgan fingerprint density at radius 1 is 1.60 bits per heavy atom. The van der Waals surface area contributed by atoms with Crippen molar-refractivity contribution in [2.45, 2.75) is 19.4 Å². The monoisotopic (exact) mass is 140 g/mol. The molecule has 0 amide bonds. The fourth-order valence-electron chi connectivity index (χ4n) is 1.72. The lowest BCUT2D eigenvalue weighted by Crippen LogP contribution is -2.50. The van der Waals surface area contributed by atoms with Crippen LogP contribution in [0.25, 0.3) is 0 Å². The van der Waals surface area contributed by atoms with Crippen LogP contribution in [-0.4, -0.2) is 18.4 Å². The van der Waals surface area contributed by atoms with Gasteiger partial charge in [-0.1, -0.05) is 0 Å². The molecule has 1 saturated heterocycles. The first-order valence-corrected chi connectivity index (χ1v) is 3.78. The molecule has 1 unspecified atom stereocenters. The Balaban J connectivity index is 2.02. The zero-order chi connectivity index (χ0) is 7.14. The number of fused-ring (bicyclic) bond motifs is 1. The molecule has 0 aromatic heterocycles. The Morgan fingerprint density at radius 3 is 3.00 bits per heavy atom. The van der Waals surface area contributed by atoms with Gasteiger partial charge >= 0.3 is 0 Å². The van der Waals surface area contributed by atoms with E-state index < -0.39 is 0 Å². The molecule has 0 radical (unpaired) electrons. The fourth-order valence-corrected chi connectivity index (χ4v) is 1.72. The Bertz CT molecular complexity index is 169. The summed E-state index contributed by atoms with van der Waals surface area (Å²) in [6, 6.07) is 0.0961. The number of carbonyl (C=O) groups is 1. The highest BCUT2D eigenvalue weighted by atomic mass is 16.1. The normalized spacial score (nSPS) is 44.3. The molecule has 2 fully saturated rings. The third kappa shape index (κ3) is 0.859. The number of hydrazine groups is 1. The van der Waals surface area contributed by atoms with Crippen LogP contribution in [0.4, 0.5) is 0 Å². The topological polar surface area (TPSA) is 41.1 Å². The first kappa shape index (κ1) is 6.31. The second-order valence-electron chi connectivity index (χ2n) is 3.27. The van der Waals surface area contributed by atoms with Crippen LogP contribution in [0.1, 0.15) is 13.3 Å². The maximum Gasteiger partial charge on any atom is 0.148 e. The number of rotatable bonds is 1. The van der Waals surface area contributed by atoms with E-state index >= 15 is 0 Å². The maximum absolute atomic E-state index is 10.9. The van der Waals surface area contributed by atoms with Crippen molar-refractivity contribution in [3.05, 3.63) is 0 Å². The van der Waals surface area contributed by atoms with Crippen molar-refractivity contribution in [3.8, 4) is 0 Å². The van der Waals surface area contributed by atoms with Gasteiger partial charge in [0.25, 0.3) is 0 Å². The Labute approximate surface area is 60.1 Å². The largest absolute Gasteiger partial charge is 0.298 e. The lowest BCUT2D eigenvalue weighted by atomic mass is 10.1. The summed E-state index contributed by atoms with van der Waals surface area (Å²) >= 11 is 0. The summed E-state index contributed by atoms with van der Waals surface area (Å²) in [5.74, 6) is 1.67. The van der Waals surface area contributed by atoms with E-state index in [0.29, 0.717) is 5.92 Å². The van der Waals surface area contributed by atoms with Gasteiger partial charge in [0, 0.05) is 6.54 Å². The van der Waals surface area contributed by atoms with Crippen LogP contribution in [0.2, 0.25) is 0 Å². The van der Waals surface area contributed by atoms with Crippen molar-refractivity contribution in [2.75, 3.05) is 6.54 Å². The van der Waals surface area contributed by atoms with Gasteiger partial charge in [-0.25, -0.2) is 5.43 Å². The molecule has 1 aliphatic heterocycles. The number of Topliss-reactive ketones (excluding diaryl/α,β-unsaturated/α-hetero) is 1. The smallest absolute Gasteiger partial charge is 0.148 e. The summed E-state index contributed by atoms with van der Waals surface area (Å²) in [6.45, 7) is 2.69. The second-order valence-corrected chi connectivity index (χ2v) is 3.27. The first-order valence-electron chi connectivity index (χ1n) is 3.78. The van der Waals surface area contributed by atoms with E-state index in [4.69, 9.17) is 0 Å². The molecule has 0 aromatic rings. The van der Waals surface area contributed by atoms with Gasteiger partial charge in [-0.3, -0.25) is 10.2 Å². The average molecular weight is 140 g/mol. The summed E-state index contributed by atoms with van der Waals surface area (Å²) < 4.78 is 0. The van der Waals surface area contributed by atoms with Crippen LogP contribution in [0.5, 0.6) is 0 Å². The lowest BCUT2D eigenvalue weighted by molar-refractivity contribution is -0.120.